The van der Waals surface area contributed by atoms with Crippen LogP contribution in [-0.4, -0.2) is 48.4 Å². The normalized spacial score (nSPS) is 17.4. The Bertz CT molecular complexity index is 1230. The van der Waals surface area contributed by atoms with Gasteiger partial charge < -0.3 is 14.8 Å². The van der Waals surface area contributed by atoms with Crippen LogP contribution in [0.15, 0.2) is 46.4 Å². The Kier molecular flexibility index (Phi) is 7.73. The number of amides is 5. The molecule has 2 aliphatic rings. The van der Waals surface area contributed by atoms with Gasteiger partial charge in [0, 0.05) is 16.2 Å². The van der Waals surface area contributed by atoms with E-state index in [-0.39, 0.29) is 24.1 Å². The zero-order valence-corrected chi connectivity index (χ0v) is 21.5. The van der Waals surface area contributed by atoms with Gasteiger partial charge in [0.05, 0.1) is 7.11 Å². The minimum atomic E-state index is -0.752. The van der Waals surface area contributed by atoms with Crippen LogP contribution >= 0.6 is 15.9 Å². The molecular formula is C26H26BrN3O6. The molecule has 188 valence electrons. The Balaban J connectivity index is 1.51. The van der Waals surface area contributed by atoms with Gasteiger partial charge in [0.2, 0.25) is 0 Å². The first kappa shape index (κ1) is 25.4. The lowest BCUT2D eigenvalue weighted by Crippen LogP contribution is -2.57. The number of benzene rings is 2. The number of methoxy groups -OCH3 is 1. The number of urea groups is 1. The lowest BCUT2D eigenvalue weighted by Gasteiger charge is -2.31. The molecular weight excluding hydrogens is 530 g/mol. The maximum absolute atomic E-state index is 13.1. The van der Waals surface area contributed by atoms with E-state index in [9.17, 15) is 19.2 Å². The molecule has 36 heavy (non-hydrogen) atoms. The van der Waals surface area contributed by atoms with E-state index in [0.717, 1.165) is 36.1 Å². The zero-order valence-electron chi connectivity index (χ0n) is 19.9. The van der Waals surface area contributed by atoms with E-state index in [1.807, 2.05) is 19.1 Å². The molecule has 0 bridgehead atoms. The summed E-state index contributed by atoms with van der Waals surface area (Å²) in [4.78, 5) is 51.4. The van der Waals surface area contributed by atoms with Gasteiger partial charge in [0.1, 0.15) is 5.57 Å². The number of anilines is 1. The fraction of sp³-hybridized carbons (Fsp3) is 0.308. The molecule has 2 aromatic carbocycles. The number of barbiturate groups is 1. The monoisotopic (exact) mass is 555 g/mol. The lowest BCUT2D eigenvalue weighted by molar-refractivity contribution is -0.131. The van der Waals surface area contributed by atoms with Gasteiger partial charge in [-0.05, 0) is 55.7 Å². The Hall–Kier alpha value is -3.66. The van der Waals surface area contributed by atoms with Gasteiger partial charge >= 0.3 is 6.03 Å². The minimum absolute atomic E-state index is 0.143. The molecule has 2 N–H and O–H groups in total. The summed E-state index contributed by atoms with van der Waals surface area (Å²) >= 11 is 3.43. The smallest absolute Gasteiger partial charge is 0.331 e. The Labute approximate surface area is 216 Å². The van der Waals surface area contributed by atoms with Crippen LogP contribution in [-0.2, 0) is 14.4 Å². The molecule has 0 radical (unpaired) electrons. The van der Waals surface area contributed by atoms with Crippen LogP contribution in [0, 0.1) is 6.92 Å². The Morgan fingerprint density at radius 2 is 1.83 bits per heavy atom. The molecule has 0 aromatic heterocycles. The number of nitrogens with zero attached hydrogens (tertiary/aromatic N) is 1. The van der Waals surface area contributed by atoms with Crippen LogP contribution in [0.1, 0.15) is 36.8 Å². The van der Waals surface area contributed by atoms with Gasteiger partial charge in [-0.1, -0.05) is 46.5 Å². The average Bonchev–Trinajstić information content (AvgIpc) is 3.37. The second-order valence-electron chi connectivity index (χ2n) is 8.66. The van der Waals surface area contributed by atoms with Crippen LogP contribution in [0.3, 0.4) is 0 Å². The number of hydrogen-bond donors (Lipinski definition) is 2. The first-order valence-corrected chi connectivity index (χ1v) is 12.3. The SMILES string of the molecule is COc1cc(/C=C2\C(=O)NC(=O)N(C3CCCC3)C2=O)c(Br)cc1OCC(=O)Nc1ccc(C)cc1. The molecule has 1 saturated heterocycles. The highest BCUT2D eigenvalue weighted by atomic mass is 79.9. The quantitative estimate of drug-likeness (QED) is 0.391. The van der Waals surface area contributed by atoms with Crippen molar-refractivity contribution >= 4 is 51.4 Å². The molecule has 9 nitrogen and oxygen atoms in total. The summed E-state index contributed by atoms with van der Waals surface area (Å²) < 4.78 is 11.6. The Morgan fingerprint density at radius 1 is 1.14 bits per heavy atom. The van der Waals surface area contributed by atoms with E-state index in [2.05, 4.69) is 26.6 Å². The fourth-order valence-corrected chi connectivity index (χ4v) is 4.67. The molecule has 2 aromatic rings. The summed E-state index contributed by atoms with van der Waals surface area (Å²) in [7, 11) is 1.44. The van der Waals surface area contributed by atoms with Crippen LogP contribution < -0.4 is 20.1 Å². The van der Waals surface area contributed by atoms with Crippen LogP contribution in [0.5, 0.6) is 11.5 Å². The molecule has 1 aliphatic heterocycles. The average molecular weight is 556 g/mol. The van der Waals surface area contributed by atoms with E-state index in [1.165, 1.54) is 13.2 Å². The van der Waals surface area contributed by atoms with Crippen molar-refractivity contribution in [3.63, 3.8) is 0 Å². The molecule has 0 spiro atoms. The summed E-state index contributed by atoms with van der Waals surface area (Å²) in [6.45, 7) is 1.71. The maximum Gasteiger partial charge on any atom is 0.331 e. The summed E-state index contributed by atoms with van der Waals surface area (Å²) in [6.07, 6.45) is 4.72. The molecule has 10 heteroatoms. The van der Waals surface area contributed by atoms with Gasteiger partial charge in [-0.25, -0.2) is 4.79 Å². The third kappa shape index (κ3) is 5.59. The first-order chi connectivity index (χ1) is 17.3. The minimum Gasteiger partial charge on any atom is -0.493 e. The topological polar surface area (TPSA) is 114 Å². The first-order valence-electron chi connectivity index (χ1n) is 11.5. The number of nitrogens with one attached hydrogen (secondary N) is 2. The summed E-state index contributed by atoms with van der Waals surface area (Å²) in [5, 5.41) is 5.02. The van der Waals surface area contributed by atoms with Crippen molar-refractivity contribution in [1.29, 1.82) is 0 Å². The number of carbonyl (C=O) groups excluding carboxylic acids is 4. The number of halogens is 1. The molecule has 0 unspecified atom stereocenters. The summed E-state index contributed by atoms with van der Waals surface area (Å²) in [5.41, 5.74) is 2.07. The molecule has 4 rings (SSSR count). The van der Waals surface area contributed by atoms with Crippen molar-refractivity contribution in [3.05, 3.63) is 57.6 Å². The molecule has 1 saturated carbocycles. The number of aryl methyl sites for hydroxylation is 1. The second-order valence-corrected chi connectivity index (χ2v) is 9.51. The van der Waals surface area contributed by atoms with E-state index in [4.69, 9.17) is 9.47 Å². The van der Waals surface area contributed by atoms with Crippen molar-refractivity contribution < 1.29 is 28.7 Å². The third-order valence-corrected chi connectivity index (χ3v) is 6.79. The van der Waals surface area contributed by atoms with E-state index >= 15 is 0 Å². The van der Waals surface area contributed by atoms with E-state index < -0.39 is 17.8 Å². The maximum atomic E-state index is 13.1. The lowest BCUT2D eigenvalue weighted by atomic mass is 10.0. The summed E-state index contributed by atoms with van der Waals surface area (Å²) in [5.74, 6) is -1.11. The van der Waals surface area contributed by atoms with Gasteiger partial charge in [-0.15, -0.1) is 0 Å². The molecule has 0 atom stereocenters. The number of rotatable bonds is 7. The van der Waals surface area contributed by atoms with Gasteiger partial charge in [0.15, 0.2) is 18.1 Å². The van der Waals surface area contributed by atoms with E-state index in [1.54, 1.807) is 24.3 Å². The molecule has 1 aliphatic carbocycles. The van der Waals surface area contributed by atoms with Crippen molar-refractivity contribution in [2.24, 2.45) is 0 Å². The largest absolute Gasteiger partial charge is 0.493 e. The number of ether oxygens (including phenoxy) is 2. The number of carbonyl (C=O) groups is 4. The predicted molar refractivity (Wildman–Crippen MR) is 137 cm³/mol. The molecule has 5 amide bonds. The van der Waals surface area contributed by atoms with Crippen molar-refractivity contribution in [2.75, 3.05) is 19.0 Å². The zero-order chi connectivity index (χ0) is 25.8. The highest BCUT2D eigenvalue weighted by Gasteiger charge is 2.40. The van der Waals surface area contributed by atoms with E-state index in [0.29, 0.717) is 27.2 Å². The molecule has 2 fully saturated rings. The number of hydrogen-bond acceptors (Lipinski definition) is 6. The number of imide groups is 2. The third-order valence-electron chi connectivity index (χ3n) is 6.10. The van der Waals surface area contributed by atoms with Crippen LogP contribution in [0.2, 0.25) is 0 Å². The predicted octanol–water partition coefficient (Wildman–Crippen LogP) is 4.19. The standard InChI is InChI=1S/C26H26BrN3O6/c1-15-7-9-17(10-8-15)28-23(31)14-36-22-13-20(27)16(12-21(22)35-2)11-19-24(32)29-26(34)30(25(19)33)18-5-3-4-6-18/h7-13,18H,3-6,14H2,1-2H3,(H,28,31)(H,29,32,34)/b19-11+. The fourth-order valence-electron chi connectivity index (χ4n) is 4.23. The van der Waals surface area contributed by atoms with Gasteiger partial charge in [-0.3, -0.25) is 24.6 Å². The highest BCUT2D eigenvalue weighted by molar-refractivity contribution is 9.10. The van der Waals surface area contributed by atoms with Crippen molar-refractivity contribution in [2.45, 2.75) is 38.6 Å². The van der Waals surface area contributed by atoms with Gasteiger partial charge in [0.25, 0.3) is 17.7 Å². The van der Waals surface area contributed by atoms with Crippen LogP contribution in [0.4, 0.5) is 10.5 Å². The van der Waals surface area contributed by atoms with Crippen LogP contribution in [0.25, 0.3) is 6.08 Å². The second kappa shape index (κ2) is 10.9. The Morgan fingerprint density at radius 3 is 2.50 bits per heavy atom. The van der Waals surface area contributed by atoms with Crippen molar-refractivity contribution in [1.82, 2.24) is 10.2 Å². The van der Waals surface area contributed by atoms with Gasteiger partial charge in [-0.2, -0.15) is 0 Å². The highest BCUT2D eigenvalue weighted by Crippen LogP contribution is 2.35. The van der Waals surface area contributed by atoms with Crippen molar-refractivity contribution in [3.8, 4) is 11.5 Å². The summed E-state index contributed by atoms with van der Waals surface area (Å²) in [6, 6.07) is 9.67. The molecule has 1 heterocycles.